The molecule has 3 aromatic carbocycles. The number of alkyl halides is 4. The molecular formula is C22H14F8O2. The van der Waals surface area contributed by atoms with Gasteiger partial charge >= 0.3 is 12.2 Å². The molecule has 0 bridgehead atoms. The number of aryl methyl sites for hydroxylation is 1. The average Bonchev–Trinajstić information content (AvgIpc) is 2.71. The lowest BCUT2D eigenvalue weighted by molar-refractivity contribution is -0.188. The Morgan fingerprint density at radius 1 is 0.656 bits per heavy atom. The first-order valence-corrected chi connectivity index (χ1v) is 9.10. The van der Waals surface area contributed by atoms with Crippen LogP contribution in [0.1, 0.15) is 23.6 Å². The molecule has 0 fully saturated rings. The van der Waals surface area contributed by atoms with Crippen LogP contribution in [-0.2, 0) is 18.6 Å². The molecule has 0 aromatic heterocycles. The fraction of sp³-hybridized carbons (Fsp3) is 0.182. The van der Waals surface area contributed by atoms with Crippen LogP contribution in [0.4, 0.5) is 35.1 Å². The average molecular weight is 462 g/mol. The molecule has 0 spiro atoms. The highest BCUT2D eigenvalue weighted by atomic mass is 19.3. The van der Waals surface area contributed by atoms with Crippen molar-refractivity contribution in [1.82, 2.24) is 0 Å². The molecule has 3 rings (SSSR count). The van der Waals surface area contributed by atoms with Gasteiger partial charge in [-0.2, -0.15) is 17.6 Å². The van der Waals surface area contributed by atoms with E-state index in [4.69, 9.17) is 0 Å². The van der Waals surface area contributed by atoms with Gasteiger partial charge in [0.2, 0.25) is 0 Å². The summed E-state index contributed by atoms with van der Waals surface area (Å²) >= 11 is 0. The minimum Gasteiger partial charge on any atom is -0.429 e. The Bertz CT molecular complexity index is 1090. The van der Waals surface area contributed by atoms with E-state index < -0.39 is 58.1 Å². The molecule has 0 N–H and O–H groups in total. The predicted octanol–water partition coefficient (Wildman–Crippen LogP) is 7.06. The second-order valence-electron chi connectivity index (χ2n) is 6.63. The fourth-order valence-corrected chi connectivity index (χ4v) is 2.73. The van der Waals surface area contributed by atoms with Crippen molar-refractivity contribution < 1.29 is 44.6 Å². The Hall–Kier alpha value is -3.30. The van der Waals surface area contributed by atoms with Crippen LogP contribution < -0.4 is 9.47 Å². The van der Waals surface area contributed by atoms with Crippen LogP contribution in [0.5, 0.6) is 11.5 Å². The van der Waals surface area contributed by atoms with E-state index >= 15 is 0 Å². The van der Waals surface area contributed by atoms with Gasteiger partial charge in [0, 0.05) is 12.1 Å². The highest BCUT2D eigenvalue weighted by Crippen LogP contribution is 2.36. The van der Waals surface area contributed by atoms with Crippen molar-refractivity contribution in [1.29, 1.82) is 0 Å². The maximum absolute atomic E-state index is 14.3. The summed E-state index contributed by atoms with van der Waals surface area (Å²) in [5, 5.41) is 0. The van der Waals surface area contributed by atoms with Gasteiger partial charge in [-0.05, 0) is 48.4 Å². The fourth-order valence-electron chi connectivity index (χ4n) is 2.73. The predicted molar refractivity (Wildman–Crippen MR) is 97.6 cm³/mol. The second kappa shape index (κ2) is 8.68. The van der Waals surface area contributed by atoms with E-state index in [0.717, 1.165) is 24.3 Å². The smallest absolute Gasteiger partial charge is 0.429 e. The lowest BCUT2D eigenvalue weighted by atomic mass is 10.1. The van der Waals surface area contributed by atoms with Gasteiger partial charge in [-0.25, -0.2) is 17.6 Å². The summed E-state index contributed by atoms with van der Waals surface area (Å²) in [6.45, 7) is 1.72. The summed E-state index contributed by atoms with van der Waals surface area (Å²) in [6, 6.07) is 6.40. The van der Waals surface area contributed by atoms with E-state index in [1.807, 2.05) is 0 Å². The molecule has 170 valence electrons. The van der Waals surface area contributed by atoms with Crippen LogP contribution in [0.3, 0.4) is 0 Å². The Kier molecular flexibility index (Phi) is 6.34. The van der Waals surface area contributed by atoms with E-state index in [0.29, 0.717) is 24.1 Å². The van der Waals surface area contributed by atoms with Gasteiger partial charge in [0.1, 0.15) is 17.3 Å². The van der Waals surface area contributed by atoms with Crippen molar-refractivity contribution in [2.24, 2.45) is 0 Å². The molecule has 0 saturated heterocycles. The van der Waals surface area contributed by atoms with Gasteiger partial charge in [-0.1, -0.05) is 13.0 Å². The molecule has 2 nitrogen and oxygen atoms in total. The zero-order chi connectivity index (χ0) is 23.7. The van der Waals surface area contributed by atoms with Crippen molar-refractivity contribution in [3.05, 3.63) is 94.6 Å². The van der Waals surface area contributed by atoms with E-state index in [9.17, 15) is 35.1 Å². The molecular weight excluding hydrogens is 448 g/mol. The number of rotatable bonds is 7. The Balaban J connectivity index is 1.78. The number of ether oxygens (including phenoxy) is 2. The third-order valence-electron chi connectivity index (χ3n) is 4.40. The number of hydrogen-bond donors (Lipinski definition) is 0. The van der Waals surface area contributed by atoms with Crippen molar-refractivity contribution in [3.8, 4) is 11.5 Å². The maximum atomic E-state index is 14.3. The molecule has 0 aliphatic heterocycles. The first-order chi connectivity index (χ1) is 14.9. The molecule has 0 amide bonds. The largest absolute Gasteiger partial charge is 0.429 e. The van der Waals surface area contributed by atoms with Crippen molar-refractivity contribution in [2.45, 2.75) is 25.6 Å². The molecule has 10 heteroatoms. The number of hydrogen-bond acceptors (Lipinski definition) is 2. The molecule has 32 heavy (non-hydrogen) atoms. The van der Waals surface area contributed by atoms with Crippen LogP contribution in [0.2, 0.25) is 0 Å². The summed E-state index contributed by atoms with van der Waals surface area (Å²) in [6.07, 6.45) is -7.82. The Labute approximate surface area is 177 Å². The highest BCUT2D eigenvalue weighted by Gasteiger charge is 2.39. The molecule has 0 atom stereocenters. The van der Waals surface area contributed by atoms with Gasteiger partial charge in [0.25, 0.3) is 0 Å². The molecule has 0 radical (unpaired) electrons. The molecule has 3 aromatic rings. The van der Waals surface area contributed by atoms with Crippen LogP contribution in [-0.4, -0.2) is 0 Å². The van der Waals surface area contributed by atoms with Crippen molar-refractivity contribution in [3.63, 3.8) is 0 Å². The number of halogens is 8. The zero-order valence-electron chi connectivity index (χ0n) is 16.2. The summed E-state index contributed by atoms with van der Waals surface area (Å²) in [7, 11) is 0. The lowest BCUT2D eigenvalue weighted by Crippen LogP contribution is -2.24. The van der Waals surface area contributed by atoms with Crippen LogP contribution in [0, 0.1) is 23.3 Å². The second-order valence-corrected chi connectivity index (χ2v) is 6.63. The van der Waals surface area contributed by atoms with Gasteiger partial charge in [0.15, 0.2) is 17.5 Å². The Morgan fingerprint density at radius 3 is 1.75 bits per heavy atom. The Morgan fingerprint density at radius 2 is 1.22 bits per heavy atom. The summed E-state index contributed by atoms with van der Waals surface area (Å²) < 4.78 is 119. The standard InChI is InChI=1S/C22H14F8O2/c1-2-12-3-8-16(17(23)9-12)22(29,30)31-14-6-4-13(5-7-14)21(27,28)32-15-10-18(24)20(26)19(25)11-15/h3-11H,2H2,1H3. The van der Waals surface area contributed by atoms with Crippen molar-refractivity contribution in [2.75, 3.05) is 0 Å². The SMILES string of the molecule is CCc1ccc(C(F)(F)Oc2ccc(C(F)(F)Oc3cc(F)c(F)c(F)c3)cc2)c(F)c1. The third-order valence-corrected chi connectivity index (χ3v) is 4.40. The number of benzene rings is 3. The summed E-state index contributed by atoms with van der Waals surface area (Å²) in [5.41, 5.74) is -1.42. The normalized spacial score (nSPS) is 12.0. The third kappa shape index (κ3) is 4.95. The monoisotopic (exact) mass is 462 g/mol. The maximum Gasteiger partial charge on any atom is 0.429 e. The minimum absolute atomic E-state index is 0.225. The molecule has 0 saturated carbocycles. The van der Waals surface area contributed by atoms with E-state index in [1.165, 1.54) is 6.07 Å². The van der Waals surface area contributed by atoms with E-state index in [2.05, 4.69) is 9.47 Å². The van der Waals surface area contributed by atoms with Crippen LogP contribution in [0.15, 0.2) is 54.6 Å². The van der Waals surface area contributed by atoms with Gasteiger partial charge in [0.05, 0.1) is 11.1 Å². The topological polar surface area (TPSA) is 18.5 Å². The van der Waals surface area contributed by atoms with Crippen molar-refractivity contribution >= 4 is 0 Å². The molecule has 0 unspecified atom stereocenters. The summed E-state index contributed by atoms with van der Waals surface area (Å²) in [4.78, 5) is 0. The molecule has 0 aliphatic carbocycles. The highest BCUT2D eigenvalue weighted by molar-refractivity contribution is 5.33. The van der Waals surface area contributed by atoms with E-state index in [-0.39, 0.29) is 12.1 Å². The summed E-state index contributed by atoms with van der Waals surface area (Å²) in [5.74, 6) is -8.08. The van der Waals surface area contributed by atoms with Gasteiger partial charge < -0.3 is 9.47 Å². The van der Waals surface area contributed by atoms with Crippen LogP contribution in [0.25, 0.3) is 0 Å². The molecule has 0 aliphatic rings. The molecule has 0 heterocycles. The van der Waals surface area contributed by atoms with Gasteiger partial charge in [-0.3, -0.25) is 0 Å². The van der Waals surface area contributed by atoms with Gasteiger partial charge in [-0.15, -0.1) is 0 Å². The first-order valence-electron chi connectivity index (χ1n) is 9.10. The van der Waals surface area contributed by atoms with E-state index in [1.54, 1.807) is 6.92 Å². The first kappa shape index (κ1) is 23.4. The minimum atomic E-state index is -4.15. The quantitative estimate of drug-likeness (QED) is 0.276. The zero-order valence-corrected chi connectivity index (χ0v) is 16.2. The lowest BCUT2D eigenvalue weighted by Gasteiger charge is -2.21. The van der Waals surface area contributed by atoms with Crippen LogP contribution >= 0.6 is 0 Å².